The lowest BCUT2D eigenvalue weighted by Gasteiger charge is -2.38. The van der Waals surface area contributed by atoms with E-state index < -0.39 is 0 Å². The number of ether oxygens (including phenoxy) is 2. The number of amides is 1. The largest absolute Gasteiger partial charge is 0.493 e. The van der Waals surface area contributed by atoms with Gasteiger partial charge in [0.2, 0.25) is 0 Å². The summed E-state index contributed by atoms with van der Waals surface area (Å²) >= 11 is 1.76. The van der Waals surface area contributed by atoms with Gasteiger partial charge in [-0.05, 0) is 63.2 Å². The first-order chi connectivity index (χ1) is 15.4. The van der Waals surface area contributed by atoms with Crippen molar-refractivity contribution in [1.82, 2.24) is 5.32 Å². The lowest BCUT2D eigenvalue weighted by molar-refractivity contribution is 0.0619. The predicted molar refractivity (Wildman–Crippen MR) is 130 cm³/mol. The molecule has 4 rings (SSSR count). The zero-order valence-electron chi connectivity index (χ0n) is 18.8. The van der Waals surface area contributed by atoms with Crippen molar-refractivity contribution in [3.8, 4) is 11.5 Å². The van der Waals surface area contributed by atoms with E-state index in [9.17, 15) is 4.79 Å². The summed E-state index contributed by atoms with van der Waals surface area (Å²) in [6.45, 7) is 6.77. The Bertz CT molecular complexity index is 1060. The van der Waals surface area contributed by atoms with Crippen LogP contribution >= 0.6 is 11.8 Å². The third kappa shape index (κ3) is 5.65. The van der Waals surface area contributed by atoms with Crippen LogP contribution in [0.1, 0.15) is 47.8 Å². The number of aryl methyl sites for hydroxylation is 1. The van der Waals surface area contributed by atoms with Gasteiger partial charge in [-0.3, -0.25) is 4.79 Å². The number of hydrogen-bond donors (Lipinski definition) is 1. The number of thioether (sulfide) groups is 1. The van der Waals surface area contributed by atoms with Crippen molar-refractivity contribution in [3.63, 3.8) is 0 Å². The second kappa shape index (κ2) is 9.70. The summed E-state index contributed by atoms with van der Waals surface area (Å²) in [5.74, 6) is 2.38. The van der Waals surface area contributed by atoms with Crippen molar-refractivity contribution < 1.29 is 14.3 Å². The number of benzene rings is 3. The van der Waals surface area contributed by atoms with E-state index in [1.165, 1.54) is 4.90 Å². The highest BCUT2D eigenvalue weighted by Gasteiger charge is 2.34. The Morgan fingerprint density at radius 3 is 2.59 bits per heavy atom. The van der Waals surface area contributed by atoms with E-state index in [0.29, 0.717) is 12.2 Å². The maximum absolute atomic E-state index is 13.0. The first kappa shape index (κ1) is 22.3. The molecule has 0 bridgehead atoms. The molecule has 5 heteroatoms. The molecular formula is C27H29NO3S. The SMILES string of the molecule is Cc1ccc2c(c1)[C@@H](NC(=O)c1ccc(OCCSc3ccccc3)cc1)CC(C)(C)O2. The van der Waals surface area contributed by atoms with Gasteiger partial charge in [0.15, 0.2) is 0 Å². The summed E-state index contributed by atoms with van der Waals surface area (Å²) in [4.78, 5) is 14.2. The number of carbonyl (C=O) groups is 1. The summed E-state index contributed by atoms with van der Waals surface area (Å²) in [7, 11) is 0. The highest BCUT2D eigenvalue weighted by atomic mass is 32.2. The van der Waals surface area contributed by atoms with Crippen LogP contribution in [-0.4, -0.2) is 23.9 Å². The second-order valence-corrected chi connectivity index (χ2v) is 9.84. The zero-order valence-corrected chi connectivity index (χ0v) is 19.6. The first-order valence-electron chi connectivity index (χ1n) is 10.9. The van der Waals surface area contributed by atoms with Gasteiger partial charge in [-0.1, -0.05) is 35.9 Å². The van der Waals surface area contributed by atoms with Crippen LogP contribution in [0.4, 0.5) is 0 Å². The van der Waals surface area contributed by atoms with Gasteiger partial charge in [0.05, 0.1) is 12.6 Å². The maximum Gasteiger partial charge on any atom is 0.251 e. The van der Waals surface area contributed by atoms with E-state index in [2.05, 4.69) is 44.3 Å². The molecule has 166 valence electrons. The van der Waals surface area contributed by atoms with Gasteiger partial charge < -0.3 is 14.8 Å². The van der Waals surface area contributed by atoms with Gasteiger partial charge in [0.1, 0.15) is 17.1 Å². The summed E-state index contributed by atoms with van der Waals surface area (Å²) in [5.41, 5.74) is 2.47. The average Bonchev–Trinajstić information content (AvgIpc) is 2.78. The van der Waals surface area contributed by atoms with Gasteiger partial charge >= 0.3 is 0 Å². The van der Waals surface area contributed by atoms with Crippen LogP contribution in [0, 0.1) is 6.92 Å². The van der Waals surface area contributed by atoms with Gasteiger partial charge in [-0.25, -0.2) is 0 Å². The summed E-state index contributed by atoms with van der Waals surface area (Å²) in [6.07, 6.45) is 0.718. The third-order valence-electron chi connectivity index (χ3n) is 5.41. The van der Waals surface area contributed by atoms with E-state index in [-0.39, 0.29) is 17.6 Å². The second-order valence-electron chi connectivity index (χ2n) is 8.67. The minimum atomic E-state index is -0.338. The minimum absolute atomic E-state index is 0.0907. The Morgan fingerprint density at radius 1 is 1.09 bits per heavy atom. The molecule has 32 heavy (non-hydrogen) atoms. The van der Waals surface area contributed by atoms with Gasteiger partial charge in [0.25, 0.3) is 5.91 Å². The molecule has 4 nitrogen and oxygen atoms in total. The molecule has 1 atom stereocenters. The fourth-order valence-electron chi connectivity index (χ4n) is 3.88. The van der Waals surface area contributed by atoms with Gasteiger partial charge in [-0.2, -0.15) is 0 Å². The maximum atomic E-state index is 13.0. The van der Waals surface area contributed by atoms with E-state index in [4.69, 9.17) is 9.47 Å². The molecule has 3 aromatic rings. The molecule has 0 aliphatic carbocycles. The molecule has 1 N–H and O–H groups in total. The molecule has 0 saturated heterocycles. The van der Waals surface area contributed by atoms with Crippen molar-refractivity contribution in [2.45, 2.75) is 43.7 Å². The number of fused-ring (bicyclic) bond motifs is 1. The van der Waals surface area contributed by atoms with Gasteiger partial charge in [0, 0.05) is 28.2 Å². The molecule has 1 aliphatic rings. The summed E-state index contributed by atoms with van der Waals surface area (Å²) < 4.78 is 11.9. The van der Waals surface area contributed by atoms with Gasteiger partial charge in [-0.15, -0.1) is 11.8 Å². The number of carbonyl (C=O) groups excluding carboxylic acids is 1. The van der Waals surface area contributed by atoms with Crippen LogP contribution in [0.2, 0.25) is 0 Å². The van der Waals surface area contributed by atoms with Crippen molar-refractivity contribution in [2.75, 3.05) is 12.4 Å². The van der Waals surface area contributed by atoms with E-state index >= 15 is 0 Å². The molecular weight excluding hydrogens is 418 g/mol. The highest BCUT2D eigenvalue weighted by Crippen LogP contribution is 2.40. The Balaban J connectivity index is 1.34. The Hall–Kier alpha value is -2.92. The summed E-state index contributed by atoms with van der Waals surface area (Å²) in [6, 6.07) is 23.7. The summed E-state index contributed by atoms with van der Waals surface area (Å²) in [5, 5.41) is 3.20. The quantitative estimate of drug-likeness (QED) is 0.346. The lowest BCUT2D eigenvalue weighted by atomic mass is 9.88. The van der Waals surface area contributed by atoms with E-state index in [0.717, 1.165) is 34.8 Å². The number of rotatable bonds is 7. The first-order valence-corrected chi connectivity index (χ1v) is 11.9. The molecule has 1 amide bonds. The molecule has 0 unspecified atom stereocenters. The van der Waals surface area contributed by atoms with Crippen LogP contribution in [0.15, 0.2) is 77.7 Å². The van der Waals surface area contributed by atoms with Crippen molar-refractivity contribution in [1.29, 1.82) is 0 Å². The molecule has 0 saturated carbocycles. The standard InChI is InChI=1S/C27H29NO3S/c1-19-9-14-25-23(17-19)24(18-27(2,3)31-25)28-26(29)20-10-12-21(13-11-20)30-15-16-32-22-7-5-4-6-8-22/h4-14,17,24H,15-16,18H2,1-3H3,(H,28,29)/t24-/m0/s1. The third-order valence-corrected chi connectivity index (χ3v) is 6.38. The molecule has 1 aliphatic heterocycles. The fourth-order valence-corrected chi connectivity index (χ4v) is 4.63. The number of hydrogen-bond acceptors (Lipinski definition) is 4. The Labute approximate surface area is 194 Å². The zero-order chi connectivity index (χ0) is 22.6. The van der Waals surface area contributed by atoms with Crippen molar-refractivity contribution in [3.05, 3.63) is 89.5 Å². The van der Waals surface area contributed by atoms with Crippen LogP contribution in [-0.2, 0) is 0 Å². The normalized spacial score (nSPS) is 16.5. The van der Waals surface area contributed by atoms with Crippen molar-refractivity contribution in [2.24, 2.45) is 0 Å². The Kier molecular flexibility index (Phi) is 6.75. The molecule has 0 radical (unpaired) electrons. The van der Waals surface area contributed by atoms with Crippen LogP contribution in [0.5, 0.6) is 11.5 Å². The fraction of sp³-hybridized carbons (Fsp3) is 0.296. The molecule has 0 aromatic heterocycles. The van der Waals surface area contributed by atoms with Crippen LogP contribution in [0.25, 0.3) is 0 Å². The molecule has 3 aromatic carbocycles. The highest BCUT2D eigenvalue weighted by molar-refractivity contribution is 7.99. The minimum Gasteiger partial charge on any atom is -0.493 e. The smallest absolute Gasteiger partial charge is 0.251 e. The van der Waals surface area contributed by atoms with Crippen LogP contribution in [0.3, 0.4) is 0 Å². The van der Waals surface area contributed by atoms with E-state index in [1.807, 2.05) is 54.6 Å². The Morgan fingerprint density at radius 2 is 1.84 bits per heavy atom. The molecule has 0 fully saturated rings. The number of nitrogens with one attached hydrogen (secondary N) is 1. The topological polar surface area (TPSA) is 47.6 Å². The van der Waals surface area contributed by atoms with E-state index in [1.54, 1.807) is 11.8 Å². The predicted octanol–water partition coefficient (Wildman–Crippen LogP) is 6.20. The monoisotopic (exact) mass is 447 g/mol. The van der Waals surface area contributed by atoms with Crippen molar-refractivity contribution >= 4 is 17.7 Å². The van der Waals surface area contributed by atoms with Crippen LogP contribution < -0.4 is 14.8 Å². The molecule has 0 spiro atoms. The lowest BCUT2D eigenvalue weighted by Crippen LogP contribution is -2.41. The average molecular weight is 448 g/mol. The molecule has 1 heterocycles.